The van der Waals surface area contributed by atoms with Crippen molar-refractivity contribution in [2.45, 2.75) is 102 Å². The highest BCUT2D eigenvalue weighted by Crippen LogP contribution is 2.39. The second-order valence-corrected chi connectivity index (χ2v) is 9.20. The molecule has 3 nitrogen and oxygen atoms in total. The molecule has 148 valence electrons. The highest BCUT2D eigenvalue weighted by molar-refractivity contribution is 7.80. The molecule has 0 amide bonds. The van der Waals surface area contributed by atoms with E-state index in [0.29, 0.717) is 6.04 Å². The van der Waals surface area contributed by atoms with Crippen LogP contribution in [-0.2, 0) is 6.42 Å². The van der Waals surface area contributed by atoms with E-state index in [2.05, 4.69) is 46.7 Å². The zero-order valence-corrected chi connectivity index (χ0v) is 17.6. The number of nitrogens with zero attached hydrogens (tertiary/aromatic N) is 1. The van der Waals surface area contributed by atoms with Gasteiger partial charge in [0, 0.05) is 29.9 Å². The van der Waals surface area contributed by atoms with Gasteiger partial charge in [0.25, 0.3) is 0 Å². The van der Waals surface area contributed by atoms with Crippen LogP contribution >= 0.6 is 12.2 Å². The predicted molar refractivity (Wildman–Crippen MR) is 118 cm³/mol. The Kier molecular flexibility index (Phi) is 6.34. The minimum atomic E-state index is 0.523. The number of fused-ring (bicyclic) bond motifs is 2. The van der Waals surface area contributed by atoms with Gasteiger partial charge in [0.15, 0.2) is 5.11 Å². The number of benzene rings is 1. The van der Waals surface area contributed by atoms with Gasteiger partial charge in [-0.05, 0) is 74.9 Å². The molecule has 1 aliphatic carbocycles. The summed E-state index contributed by atoms with van der Waals surface area (Å²) in [4.78, 5) is 2.95. The summed E-state index contributed by atoms with van der Waals surface area (Å²) in [5.41, 5.74) is 2.45. The molecule has 2 aliphatic heterocycles. The Bertz CT molecular complexity index is 609. The van der Waals surface area contributed by atoms with Crippen LogP contribution in [0.2, 0.25) is 0 Å². The van der Waals surface area contributed by atoms with E-state index in [9.17, 15) is 0 Å². The maximum Gasteiger partial charge on any atom is 0.170 e. The molecule has 2 bridgehead atoms. The molecule has 1 saturated carbocycles. The van der Waals surface area contributed by atoms with Crippen LogP contribution in [0.5, 0.6) is 0 Å². The van der Waals surface area contributed by atoms with E-state index in [0.717, 1.165) is 35.3 Å². The number of aryl methyl sites for hydroxylation is 1. The Morgan fingerprint density at radius 3 is 2.19 bits per heavy atom. The lowest BCUT2D eigenvalue weighted by Crippen LogP contribution is -2.60. The standard InChI is InChI=1S/C23H35N3S/c1-2-17-11-13-18(14-12-17)24-23(27)25-19-15-21-9-6-10-22(16-19)26(21)20-7-4-3-5-8-20/h11-14,19-22H,2-10,15-16H2,1H3,(H2,24,25,27)/t19?,21-,22+. The van der Waals surface area contributed by atoms with Gasteiger partial charge in [-0.1, -0.05) is 44.7 Å². The number of nitrogens with one attached hydrogen (secondary N) is 2. The SMILES string of the molecule is CCc1ccc(NC(=S)NC2C[C@H]3CCC[C@@H](C2)N3C2CCCCC2)cc1. The number of anilines is 1. The predicted octanol–water partition coefficient (Wildman–Crippen LogP) is 5.25. The van der Waals surface area contributed by atoms with Crippen LogP contribution in [0.1, 0.15) is 76.7 Å². The Balaban J connectivity index is 1.33. The second-order valence-electron chi connectivity index (χ2n) is 8.79. The van der Waals surface area contributed by atoms with E-state index in [-0.39, 0.29) is 0 Å². The lowest BCUT2D eigenvalue weighted by molar-refractivity contribution is -0.0195. The average molecular weight is 386 g/mol. The summed E-state index contributed by atoms with van der Waals surface area (Å²) < 4.78 is 0. The molecule has 4 heteroatoms. The highest BCUT2D eigenvalue weighted by Gasteiger charge is 2.41. The van der Waals surface area contributed by atoms with Crippen LogP contribution in [-0.4, -0.2) is 34.2 Å². The molecule has 0 aromatic heterocycles. The molecule has 0 spiro atoms. The van der Waals surface area contributed by atoms with Gasteiger partial charge in [0.1, 0.15) is 0 Å². The Morgan fingerprint density at radius 1 is 0.926 bits per heavy atom. The van der Waals surface area contributed by atoms with Gasteiger partial charge in [-0.3, -0.25) is 4.90 Å². The third-order valence-electron chi connectivity index (χ3n) is 6.98. The summed E-state index contributed by atoms with van der Waals surface area (Å²) in [5.74, 6) is 0. The van der Waals surface area contributed by atoms with Gasteiger partial charge in [0.2, 0.25) is 0 Å². The fourth-order valence-electron chi connectivity index (χ4n) is 5.69. The first kappa shape index (κ1) is 19.2. The van der Waals surface area contributed by atoms with Crippen LogP contribution in [0.25, 0.3) is 0 Å². The first-order chi connectivity index (χ1) is 13.2. The van der Waals surface area contributed by atoms with Crippen molar-refractivity contribution < 1.29 is 0 Å². The summed E-state index contributed by atoms with van der Waals surface area (Å²) in [6.07, 6.45) is 14.9. The van der Waals surface area contributed by atoms with Crippen LogP contribution in [0.15, 0.2) is 24.3 Å². The van der Waals surface area contributed by atoms with Crippen LogP contribution in [0, 0.1) is 0 Å². The normalized spacial score (nSPS) is 29.3. The molecule has 0 radical (unpaired) electrons. The van der Waals surface area contributed by atoms with E-state index in [1.54, 1.807) is 0 Å². The maximum atomic E-state index is 5.63. The number of hydrogen-bond donors (Lipinski definition) is 2. The first-order valence-electron chi connectivity index (χ1n) is 11.2. The molecule has 1 aromatic rings. The van der Waals surface area contributed by atoms with E-state index >= 15 is 0 Å². The molecule has 27 heavy (non-hydrogen) atoms. The minimum Gasteiger partial charge on any atom is -0.360 e. The number of hydrogen-bond acceptors (Lipinski definition) is 2. The van der Waals surface area contributed by atoms with Crippen molar-refractivity contribution in [3.8, 4) is 0 Å². The van der Waals surface area contributed by atoms with E-state index in [1.807, 2.05) is 0 Å². The van der Waals surface area contributed by atoms with E-state index in [4.69, 9.17) is 12.2 Å². The van der Waals surface area contributed by atoms with Gasteiger partial charge in [-0.2, -0.15) is 0 Å². The third-order valence-corrected chi connectivity index (χ3v) is 7.20. The quantitative estimate of drug-likeness (QED) is 0.692. The van der Waals surface area contributed by atoms with Crippen molar-refractivity contribution in [2.75, 3.05) is 5.32 Å². The average Bonchev–Trinajstić information content (AvgIpc) is 2.68. The summed E-state index contributed by atoms with van der Waals surface area (Å²) in [6, 6.07) is 11.5. The van der Waals surface area contributed by atoms with Gasteiger partial charge < -0.3 is 10.6 Å². The van der Waals surface area contributed by atoms with Gasteiger partial charge in [-0.25, -0.2) is 0 Å². The summed E-state index contributed by atoms with van der Waals surface area (Å²) in [6.45, 7) is 2.19. The topological polar surface area (TPSA) is 27.3 Å². The summed E-state index contributed by atoms with van der Waals surface area (Å²) in [7, 11) is 0. The second kappa shape index (κ2) is 8.91. The maximum absolute atomic E-state index is 5.63. The molecular formula is C23H35N3S. The molecule has 2 N–H and O–H groups in total. The van der Waals surface area contributed by atoms with Crippen molar-refractivity contribution >= 4 is 23.0 Å². The fraction of sp³-hybridized carbons (Fsp3) is 0.696. The van der Waals surface area contributed by atoms with Crippen LogP contribution in [0.4, 0.5) is 5.69 Å². The molecule has 3 aliphatic rings. The minimum absolute atomic E-state index is 0.523. The van der Waals surface area contributed by atoms with Crippen molar-refractivity contribution in [3.05, 3.63) is 29.8 Å². The Hall–Kier alpha value is -1.13. The molecule has 2 heterocycles. The molecule has 2 saturated heterocycles. The zero-order chi connectivity index (χ0) is 18.6. The Labute approximate surface area is 170 Å². The molecular weight excluding hydrogens is 350 g/mol. The number of piperidine rings is 2. The van der Waals surface area contributed by atoms with Crippen molar-refractivity contribution in [1.82, 2.24) is 10.2 Å². The molecule has 1 unspecified atom stereocenters. The number of thiocarbonyl (C=S) groups is 1. The fourth-order valence-corrected chi connectivity index (χ4v) is 5.97. The van der Waals surface area contributed by atoms with E-state index < -0.39 is 0 Å². The Morgan fingerprint density at radius 2 is 1.56 bits per heavy atom. The first-order valence-corrected chi connectivity index (χ1v) is 11.6. The monoisotopic (exact) mass is 385 g/mol. The van der Waals surface area contributed by atoms with E-state index in [1.165, 1.54) is 69.8 Å². The highest BCUT2D eigenvalue weighted by atomic mass is 32.1. The van der Waals surface area contributed by atoms with Crippen LogP contribution in [0.3, 0.4) is 0 Å². The smallest absolute Gasteiger partial charge is 0.170 e. The van der Waals surface area contributed by atoms with Gasteiger partial charge >= 0.3 is 0 Å². The molecule has 4 rings (SSSR count). The van der Waals surface area contributed by atoms with Gasteiger partial charge in [-0.15, -0.1) is 0 Å². The largest absolute Gasteiger partial charge is 0.360 e. The lowest BCUT2D eigenvalue weighted by atomic mass is 9.78. The number of rotatable bonds is 4. The van der Waals surface area contributed by atoms with Gasteiger partial charge in [0.05, 0.1) is 0 Å². The van der Waals surface area contributed by atoms with Crippen LogP contribution < -0.4 is 10.6 Å². The molecule has 3 fully saturated rings. The summed E-state index contributed by atoms with van der Waals surface area (Å²) >= 11 is 5.63. The summed E-state index contributed by atoms with van der Waals surface area (Å²) in [5, 5.41) is 7.81. The zero-order valence-electron chi connectivity index (χ0n) is 16.8. The molecule has 3 atom stereocenters. The van der Waals surface area contributed by atoms with Crippen molar-refractivity contribution in [2.24, 2.45) is 0 Å². The van der Waals surface area contributed by atoms with Crippen molar-refractivity contribution in [3.63, 3.8) is 0 Å². The lowest BCUT2D eigenvalue weighted by Gasteiger charge is -2.53. The third kappa shape index (κ3) is 4.65. The van der Waals surface area contributed by atoms with Crippen molar-refractivity contribution in [1.29, 1.82) is 0 Å². The molecule has 1 aromatic carbocycles.